The number of rotatable bonds is 3. The van der Waals surface area contributed by atoms with E-state index in [1.165, 1.54) is 15.3 Å². The highest BCUT2D eigenvalue weighted by Gasteiger charge is 2.17. The number of nitrogens with zero attached hydrogens (tertiary/aromatic N) is 1. The molecule has 1 amide bonds. The Labute approximate surface area is 116 Å². The first-order valence-electron chi connectivity index (χ1n) is 5.84. The quantitative estimate of drug-likeness (QED) is 0.831. The zero-order valence-electron chi connectivity index (χ0n) is 11.1. The van der Waals surface area contributed by atoms with Crippen molar-refractivity contribution in [3.63, 3.8) is 0 Å². The Morgan fingerprint density at radius 3 is 2.56 bits per heavy atom. The Kier molecular flexibility index (Phi) is 3.88. The minimum Gasteiger partial charge on any atom is -0.337 e. The predicted octanol–water partition coefficient (Wildman–Crippen LogP) is 4.01. The molecule has 2 aromatic heterocycles. The van der Waals surface area contributed by atoms with Crippen LogP contribution < -0.4 is 0 Å². The smallest absolute Gasteiger partial charge is 0.255 e. The van der Waals surface area contributed by atoms with Crippen molar-refractivity contribution in [3.8, 4) is 0 Å². The molecular weight excluding hydrogens is 262 g/mol. The van der Waals surface area contributed by atoms with E-state index < -0.39 is 0 Å². The fourth-order valence-corrected chi connectivity index (χ4v) is 3.78. The molecule has 2 nitrogen and oxygen atoms in total. The van der Waals surface area contributed by atoms with E-state index in [4.69, 9.17) is 0 Å². The van der Waals surface area contributed by atoms with Crippen molar-refractivity contribution < 1.29 is 4.79 Å². The molecule has 0 aliphatic rings. The average Bonchev–Trinajstić information content (AvgIpc) is 2.85. The van der Waals surface area contributed by atoms with Crippen molar-refractivity contribution in [2.24, 2.45) is 0 Å². The van der Waals surface area contributed by atoms with E-state index in [9.17, 15) is 4.79 Å². The number of carbonyl (C=O) groups excluding carboxylic acids is 1. The number of hydrogen-bond donors (Lipinski definition) is 0. The Hall–Kier alpha value is -1.13. The van der Waals surface area contributed by atoms with Crippen molar-refractivity contribution in [2.45, 2.75) is 27.3 Å². The van der Waals surface area contributed by atoms with Gasteiger partial charge in [0.15, 0.2) is 0 Å². The van der Waals surface area contributed by atoms with Crippen LogP contribution in [0.5, 0.6) is 0 Å². The summed E-state index contributed by atoms with van der Waals surface area (Å²) in [7, 11) is 1.87. The molecule has 96 valence electrons. The maximum absolute atomic E-state index is 12.4. The molecule has 0 radical (unpaired) electrons. The van der Waals surface area contributed by atoms with Crippen molar-refractivity contribution in [1.82, 2.24) is 4.90 Å². The molecule has 2 rings (SSSR count). The SMILES string of the molecule is Cc1cc(C(=O)N(C)Cc2sccc2C)c(C)s1. The van der Waals surface area contributed by atoms with Crippen molar-refractivity contribution in [3.05, 3.63) is 43.3 Å². The van der Waals surface area contributed by atoms with E-state index in [0.717, 1.165) is 10.4 Å². The van der Waals surface area contributed by atoms with E-state index in [0.29, 0.717) is 6.54 Å². The first-order valence-corrected chi connectivity index (χ1v) is 7.54. The molecule has 2 aromatic rings. The van der Waals surface area contributed by atoms with Gasteiger partial charge in [-0.2, -0.15) is 0 Å². The van der Waals surface area contributed by atoms with Gasteiger partial charge < -0.3 is 4.90 Å². The molecule has 0 aliphatic carbocycles. The van der Waals surface area contributed by atoms with E-state index in [1.807, 2.05) is 27.0 Å². The van der Waals surface area contributed by atoms with Crippen LogP contribution in [0.3, 0.4) is 0 Å². The number of aryl methyl sites for hydroxylation is 3. The number of thiophene rings is 2. The Bertz CT molecular complexity index is 568. The second kappa shape index (κ2) is 5.24. The van der Waals surface area contributed by atoms with Crippen LogP contribution in [0.1, 0.15) is 30.6 Å². The summed E-state index contributed by atoms with van der Waals surface area (Å²) >= 11 is 3.39. The number of hydrogen-bond acceptors (Lipinski definition) is 3. The number of carbonyl (C=O) groups is 1. The highest BCUT2D eigenvalue weighted by molar-refractivity contribution is 7.12. The first-order chi connectivity index (χ1) is 8.49. The van der Waals surface area contributed by atoms with Gasteiger partial charge in [0.2, 0.25) is 0 Å². The molecule has 4 heteroatoms. The molecule has 0 N–H and O–H groups in total. The minimum atomic E-state index is 0.115. The van der Waals surface area contributed by atoms with Gasteiger partial charge in [-0.05, 0) is 43.8 Å². The maximum atomic E-state index is 12.4. The molecule has 0 bridgehead atoms. The van der Waals surface area contributed by atoms with Gasteiger partial charge in [-0.15, -0.1) is 22.7 Å². The molecule has 18 heavy (non-hydrogen) atoms. The largest absolute Gasteiger partial charge is 0.337 e. The van der Waals surface area contributed by atoms with Gasteiger partial charge in [0.25, 0.3) is 5.91 Å². The summed E-state index contributed by atoms with van der Waals surface area (Å²) in [5, 5.41) is 2.07. The molecular formula is C14H17NOS2. The van der Waals surface area contributed by atoms with Gasteiger partial charge in [0.1, 0.15) is 0 Å². The summed E-state index contributed by atoms with van der Waals surface area (Å²) in [6, 6.07) is 4.08. The van der Waals surface area contributed by atoms with Crippen LogP contribution in [0.25, 0.3) is 0 Å². The minimum absolute atomic E-state index is 0.115. The zero-order chi connectivity index (χ0) is 13.3. The standard InChI is InChI=1S/C14H17NOS2/c1-9-5-6-17-13(9)8-15(4)14(16)12-7-10(2)18-11(12)3/h5-7H,8H2,1-4H3. The summed E-state index contributed by atoms with van der Waals surface area (Å²) in [4.78, 5) is 17.7. The molecule has 0 fully saturated rings. The van der Waals surface area contributed by atoms with Crippen LogP contribution in [0.2, 0.25) is 0 Å². The summed E-state index contributed by atoms with van der Waals surface area (Å²) in [5.41, 5.74) is 2.10. The van der Waals surface area contributed by atoms with Crippen molar-refractivity contribution >= 4 is 28.6 Å². The van der Waals surface area contributed by atoms with Crippen molar-refractivity contribution in [2.75, 3.05) is 7.05 Å². The maximum Gasteiger partial charge on any atom is 0.255 e. The normalized spacial score (nSPS) is 10.7. The second-order valence-corrected chi connectivity index (χ2v) is 6.98. The summed E-state index contributed by atoms with van der Waals surface area (Å²) in [5.74, 6) is 0.115. The fourth-order valence-electron chi connectivity index (χ4n) is 1.90. The van der Waals surface area contributed by atoms with Gasteiger partial charge in [-0.3, -0.25) is 4.79 Å². The lowest BCUT2D eigenvalue weighted by molar-refractivity contribution is 0.0786. The van der Waals surface area contributed by atoms with Gasteiger partial charge in [0, 0.05) is 21.7 Å². The molecule has 0 unspecified atom stereocenters. The van der Waals surface area contributed by atoms with Crippen LogP contribution in [0.4, 0.5) is 0 Å². The summed E-state index contributed by atoms with van der Waals surface area (Å²) in [6.07, 6.45) is 0. The lowest BCUT2D eigenvalue weighted by atomic mass is 10.2. The van der Waals surface area contributed by atoms with E-state index in [1.54, 1.807) is 27.6 Å². The third kappa shape index (κ3) is 2.65. The third-order valence-electron chi connectivity index (χ3n) is 2.97. The Morgan fingerprint density at radius 2 is 2.06 bits per heavy atom. The van der Waals surface area contributed by atoms with Crippen LogP contribution in [0.15, 0.2) is 17.5 Å². The highest BCUT2D eigenvalue weighted by Crippen LogP contribution is 2.23. The molecule has 0 spiro atoms. The molecule has 2 heterocycles. The van der Waals surface area contributed by atoms with Crippen LogP contribution in [-0.4, -0.2) is 17.9 Å². The Morgan fingerprint density at radius 1 is 1.33 bits per heavy atom. The van der Waals surface area contributed by atoms with Crippen LogP contribution in [0, 0.1) is 20.8 Å². The second-order valence-electron chi connectivity index (χ2n) is 4.51. The van der Waals surface area contributed by atoms with Gasteiger partial charge in [-0.1, -0.05) is 0 Å². The van der Waals surface area contributed by atoms with E-state index in [2.05, 4.69) is 18.4 Å². The highest BCUT2D eigenvalue weighted by atomic mass is 32.1. The van der Waals surface area contributed by atoms with E-state index >= 15 is 0 Å². The molecule has 0 saturated carbocycles. The molecule has 0 aromatic carbocycles. The van der Waals surface area contributed by atoms with Crippen molar-refractivity contribution in [1.29, 1.82) is 0 Å². The monoisotopic (exact) mass is 279 g/mol. The van der Waals surface area contributed by atoms with Gasteiger partial charge in [-0.25, -0.2) is 0 Å². The van der Waals surface area contributed by atoms with Gasteiger partial charge in [0.05, 0.1) is 12.1 Å². The lowest BCUT2D eigenvalue weighted by Crippen LogP contribution is -2.26. The zero-order valence-corrected chi connectivity index (χ0v) is 12.7. The summed E-state index contributed by atoms with van der Waals surface area (Å²) in [6.45, 7) is 6.83. The topological polar surface area (TPSA) is 20.3 Å². The summed E-state index contributed by atoms with van der Waals surface area (Å²) < 4.78 is 0. The molecule has 0 aliphatic heterocycles. The Balaban J connectivity index is 2.14. The van der Waals surface area contributed by atoms with Crippen LogP contribution >= 0.6 is 22.7 Å². The average molecular weight is 279 g/mol. The van der Waals surface area contributed by atoms with Gasteiger partial charge >= 0.3 is 0 Å². The molecule has 0 atom stereocenters. The lowest BCUT2D eigenvalue weighted by Gasteiger charge is -2.16. The first kappa shape index (κ1) is 13.3. The molecule has 0 saturated heterocycles. The predicted molar refractivity (Wildman–Crippen MR) is 78.6 cm³/mol. The number of amides is 1. The van der Waals surface area contributed by atoms with Crippen LogP contribution in [-0.2, 0) is 6.54 Å². The van der Waals surface area contributed by atoms with E-state index in [-0.39, 0.29) is 5.91 Å². The fraction of sp³-hybridized carbons (Fsp3) is 0.357. The third-order valence-corrected chi connectivity index (χ3v) is 4.94.